The normalized spacial score (nSPS) is 14.4. The SMILES string of the molecule is Cl.N[C@@H](c1cc(Cl)ccc1[N+](=O)[O-])[C@H](O)C(F)(F)F. The zero-order valence-electron chi connectivity index (χ0n) is 9.10. The zero-order chi connectivity index (χ0) is 14.1. The lowest BCUT2D eigenvalue weighted by molar-refractivity contribution is -0.386. The van der Waals surface area contributed by atoms with Crippen LogP contribution in [0.1, 0.15) is 11.6 Å². The van der Waals surface area contributed by atoms with Gasteiger partial charge in [0, 0.05) is 11.1 Å². The van der Waals surface area contributed by atoms with Gasteiger partial charge in [-0.05, 0) is 12.1 Å². The van der Waals surface area contributed by atoms with Crippen molar-refractivity contribution in [3.05, 3.63) is 38.9 Å². The molecular formula is C9H9Cl2F3N2O3. The molecule has 0 saturated heterocycles. The maximum atomic E-state index is 12.3. The van der Waals surface area contributed by atoms with Crippen LogP contribution in [0.15, 0.2) is 18.2 Å². The lowest BCUT2D eigenvalue weighted by Crippen LogP contribution is -2.39. The zero-order valence-corrected chi connectivity index (χ0v) is 10.7. The van der Waals surface area contributed by atoms with Crippen LogP contribution in [-0.2, 0) is 0 Å². The molecule has 1 rings (SSSR count). The van der Waals surface area contributed by atoms with Gasteiger partial charge in [0.2, 0.25) is 0 Å². The van der Waals surface area contributed by atoms with Crippen molar-refractivity contribution in [3.63, 3.8) is 0 Å². The van der Waals surface area contributed by atoms with Crippen LogP contribution in [0.4, 0.5) is 18.9 Å². The number of aliphatic hydroxyl groups excluding tert-OH is 1. The Morgan fingerprint density at radius 2 is 1.95 bits per heavy atom. The molecule has 5 nitrogen and oxygen atoms in total. The smallest absolute Gasteiger partial charge is 0.382 e. The van der Waals surface area contributed by atoms with E-state index in [1.54, 1.807) is 0 Å². The topological polar surface area (TPSA) is 89.4 Å². The van der Waals surface area contributed by atoms with Crippen molar-refractivity contribution in [2.45, 2.75) is 18.3 Å². The van der Waals surface area contributed by atoms with Gasteiger partial charge in [-0.3, -0.25) is 10.1 Å². The summed E-state index contributed by atoms with van der Waals surface area (Å²) in [5, 5.41) is 19.6. The molecule has 0 spiro atoms. The fourth-order valence-corrected chi connectivity index (χ4v) is 1.51. The summed E-state index contributed by atoms with van der Waals surface area (Å²) in [6.45, 7) is 0. The summed E-state index contributed by atoms with van der Waals surface area (Å²) in [5.74, 6) is 0. The second kappa shape index (κ2) is 6.38. The van der Waals surface area contributed by atoms with Crippen molar-refractivity contribution >= 4 is 29.7 Å². The molecule has 10 heteroatoms. The standard InChI is InChI=1S/C9H8ClF3N2O3.ClH/c10-4-1-2-6(15(17)18)5(3-4)7(14)8(16)9(11,12)13;/h1-3,7-8,16H,14H2;1H/t7-,8-;/m0./s1. The monoisotopic (exact) mass is 320 g/mol. The first-order chi connectivity index (χ1) is 8.14. The van der Waals surface area contributed by atoms with Gasteiger partial charge in [0.15, 0.2) is 6.10 Å². The molecule has 0 bridgehead atoms. The van der Waals surface area contributed by atoms with Crippen LogP contribution < -0.4 is 5.73 Å². The second-order valence-corrected chi connectivity index (χ2v) is 3.91. The van der Waals surface area contributed by atoms with E-state index in [-0.39, 0.29) is 17.4 Å². The van der Waals surface area contributed by atoms with Crippen molar-refractivity contribution in [1.82, 2.24) is 0 Å². The number of aliphatic hydroxyl groups is 1. The maximum absolute atomic E-state index is 12.3. The van der Waals surface area contributed by atoms with E-state index in [9.17, 15) is 23.3 Å². The molecular weight excluding hydrogens is 312 g/mol. The maximum Gasteiger partial charge on any atom is 0.416 e. The summed E-state index contributed by atoms with van der Waals surface area (Å²) in [6.07, 6.45) is -7.88. The Hall–Kier alpha value is -1.09. The average Bonchev–Trinajstić information content (AvgIpc) is 2.25. The Kier molecular flexibility index (Phi) is 6.01. The van der Waals surface area contributed by atoms with E-state index in [0.29, 0.717) is 0 Å². The third-order valence-corrected chi connectivity index (χ3v) is 2.46. The van der Waals surface area contributed by atoms with E-state index in [1.165, 1.54) is 0 Å². The molecule has 0 fully saturated rings. The highest BCUT2D eigenvalue weighted by atomic mass is 35.5. The fraction of sp³-hybridized carbons (Fsp3) is 0.333. The van der Waals surface area contributed by atoms with Gasteiger partial charge in [0.1, 0.15) is 0 Å². The summed E-state index contributed by atoms with van der Waals surface area (Å²) < 4.78 is 36.9. The predicted molar refractivity (Wildman–Crippen MR) is 64.3 cm³/mol. The molecule has 0 aliphatic carbocycles. The minimum Gasteiger partial charge on any atom is -0.382 e. The Balaban J connectivity index is 0.00000324. The van der Waals surface area contributed by atoms with E-state index < -0.39 is 34.5 Å². The van der Waals surface area contributed by atoms with Gasteiger partial charge < -0.3 is 10.8 Å². The Labute approximate surface area is 116 Å². The quantitative estimate of drug-likeness (QED) is 0.661. The number of benzene rings is 1. The highest BCUT2D eigenvalue weighted by molar-refractivity contribution is 6.30. The Morgan fingerprint density at radius 1 is 1.42 bits per heavy atom. The van der Waals surface area contributed by atoms with Crippen LogP contribution in [0.25, 0.3) is 0 Å². The number of nitro benzene ring substituents is 1. The molecule has 0 heterocycles. The largest absolute Gasteiger partial charge is 0.416 e. The number of nitrogens with zero attached hydrogens (tertiary/aromatic N) is 1. The predicted octanol–water partition coefficient (Wildman–Crippen LogP) is 2.59. The molecule has 108 valence electrons. The first-order valence-corrected chi connectivity index (χ1v) is 4.96. The molecule has 0 radical (unpaired) electrons. The molecule has 3 N–H and O–H groups in total. The molecule has 19 heavy (non-hydrogen) atoms. The van der Waals surface area contributed by atoms with E-state index in [1.807, 2.05) is 0 Å². The molecule has 0 aliphatic heterocycles. The van der Waals surface area contributed by atoms with Crippen LogP contribution in [-0.4, -0.2) is 22.3 Å². The lowest BCUT2D eigenvalue weighted by atomic mass is 10.00. The summed E-state index contributed by atoms with van der Waals surface area (Å²) in [6, 6.07) is 1.03. The number of hydrogen-bond acceptors (Lipinski definition) is 4. The number of halogens is 5. The van der Waals surface area contributed by atoms with Gasteiger partial charge in [-0.25, -0.2) is 0 Å². The van der Waals surface area contributed by atoms with Crippen LogP contribution in [0.2, 0.25) is 5.02 Å². The third kappa shape index (κ3) is 4.20. The van der Waals surface area contributed by atoms with Gasteiger partial charge in [-0.2, -0.15) is 13.2 Å². The molecule has 1 aromatic carbocycles. The Morgan fingerprint density at radius 3 is 2.37 bits per heavy atom. The third-order valence-electron chi connectivity index (χ3n) is 2.22. The molecule has 1 aromatic rings. The molecule has 0 saturated carbocycles. The van der Waals surface area contributed by atoms with E-state index in [4.69, 9.17) is 22.4 Å². The molecule has 0 amide bonds. The van der Waals surface area contributed by atoms with E-state index in [0.717, 1.165) is 18.2 Å². The summed E-state index contributed by atoms with van der Waals surface area (Å²) in [7, 11) is 0. The summed E-state index contributed by atoms with van der Waals surface area (Å²) in [5.41, 5.74) is 4.09. The molecule has 2 atom stereocenters. The number of rotatable bonds is 3. The number of hydrogen-bond donors (Lipinski definition) is 2. The molecule has 0 aromatic heterocycles. The van der Waals surface area contributed by atoms with Crippen LogP contribution in [0.3, 0.4) is 0 Å². The first kappa shape index (κ1) is 17.9. The van der Waals surface area contributed by atoms with Gasteiger partial charge in [0.05, 0.1) is 16.5 Å². The molecule has 0 unspecified atom stereocenters. The summed E-state index contributed by atoms with van der Waals surface area (Å²) in [4.78, 5) is 9.76. The van der Waals surface area contributed by atoms with Crippen LogP contribution in [0, 0.1) is 10.1 Å². The molecule has 0 aliphatic rings. The average molecular weight is 321 g/mol. The van der Waals surface area contributed by atoms with E-state index >= 15 is 0 Å². The van der Waals surface area contributed by atoms with Crippen molar-refractivity contribution in [2.75, 3.05) is 0 Å². The van der Waals surface area contributed by atoms with Crippen molar-refractivity contribution < 1.29 is 23.2 Å². The van der Waals surface area contributed by atoms with Crippen LogP contribution >= 0.6 is 24.0 Å². The van der Waals surface area contributed by atoms with Gasteiger partial charge in [-0.1, -0.05) is 11.6 Å². The van der Waals surface area contributed by atoms with Gasteiger partial charge >= 0.3 is 6.18 Å². The Bertz CT molecular complexity index is 471. The van der Waals surface area contributed by atoms with Crippen molar-refractivity contribution in [3.8, 4) is 0 Å². The number of nitro groups is 1. The van der Waals surface area contributed by atoms with Crippen molar-refractivity contribution in [2.24, 2.45) is 5.73 Å². The minimum absolute atomic E-state index is 0. The van der Waals surface area contributed by atoms with E-state index in [2.05, 4.69) is 0 Å². The number of nitrogens with two attached hydrogens (primary N) is 1. The lowest BCUT2D eigenvalue weighted by Gasteiger charge is -2.21. The minimum atomic E-state index is -4.98. The second-order valence-electron chi connectivity index (χ2n) is 3.47. The fourth-order valence-electron chi connectivity index (χ4n) is 1.33. The highest BCUT2D eigenvalue weighted by Crippen LogP contribution is 2.34. The van der Waals surface area contributed by atoms with Crippen molar-refractivity contribution in [1.29, 1.82) is 0 Å². The van der Waals surface area contributed by atoms with Gasteiger partial charge in [-0.15, -0.1) is 12.4 Å². The van der Waals surface area contributed by atoms with Crippen LogP contribution in [0.5, 0.6) is 0 Å². The highest BCUT2D eigenvalue weighted by Gasteiger charge is 2.44. The van der Waals surface area contributed by atoms with Gasteiger partial charge in [0.25, 0.3) is 5.69 Å². The number of alkyl halides is 3. The first-order valence-electron chi connectivity index (χ1n) is 4.58. The summed E-state index contributed by atoms with van der Waals surface area (Å²) >= 11 is 5.54.